The van der Waals surface area contributed by atoms with Crippen molar-refractivity contribution >= 4 is 21.7 Å². The van der Waals surface area contributed by atoms with Crippen LogP contribution >= 0.6 is 15.9 Å². The summed E-state index contributed by atoms with van der Waals surface area (Å²) in [5.41, 5.74) is 6.05. The van der Waals surface area contributed by atoms with Gasteiger partial charge in [-0.1, -0.05) is 15.9 Å². The molecule has 1 aromatic heterocycles. The first kappa shape index (κ1) is 12.1. The molecule has 0 bridgehead atoms. The summed E-state index contributed by atoms with van der Waals surface area (Å²) in [5, 5.41) is 0.320. The van der Waals surface area contributed by atoms with Gasteiger partial charge in [0.05, 0.1) is 5.69 Å². The lowest BCUT2D eigenvalue weighted by atomic mass is 10.2. The summed E-state index contributed by atoms with van der Waals surface area (Å²) in [7, 11) is 0. The molecule has 2 N–H and O–H groups in total. The summed E-state index contributed by atoms with van der Waals surface area (Å²) >= 11 is 3.09. The number of rotatable bonds is 2. The van der Waals surface area contributed by atoms with E-state index in [4.69, 9.17) is 5.73 Å². The molecule has 84 valence electrons. The summed E-state index contributed by atoms with van der Waals surface area (Å²) < 4.78 is 39.7. The van der Waals surface area contributed by atoms with Gasteiger partial charge >= 0.3 is 6.36 Å². The number of ether oxygens (including phenoxy) is 1. The van der Waals surface area contributed by atoms with E-state index in [0.29, 0.717) is 10.9 Å². The number of hydrogen-bond acceptors (Lipinski definition) is 3. The van der Waals surface area contributed by atoms with E-state index >= 15 is 0 Å². The number of aryl methyl sites for hydroxylation is 1. The van der Waals surface area contributed by atoms with E-state index in [1.807, 2.05) is 0 Å². The molecule has 0 fully saturated rings. The zero-order chi connectivity index (χ0) is 11.6. The zero-order valence-electron chi connectivity index (χ0n) is 7.73. The number of halogens is 4. The van der Waals surface area contributed by atoms with E-state index in [0.717, 1.165) is 0 Å². The van der Waals surface area contributed by atoms with Crippen LogP contribution in [0.4, 0.5) is 19.0 Å². The van der Waals surface area contributed by atoms with Crippen molar-refractivity contribution in [2.45, 2.75) is 18.6 Å². The van der Waals surface area contributed by atoms with Crippen molar-refractivity contribution in [2.24, 2.45) is 0 Å². The number of alkyl halides is 4. The Balaban J connectivity index is 3.08. The lowest BCUT2D eigenvalue weighted by Gasteiger charge is -2.12. The smallest absolute Gasteiger partial charge is 0.404 e. The summed E-state index contributed by atoms with van der Waals surface area (Å²) in [6.45, 7) is 1.40. The first-order valence-electron chi connectivity index (χ1n) is 3.91. The van der Waals surface area contributed by atoms with Gasteiger partial charge in [0.15, 0.2) is 5.75 Å². The fourth-order valence-corrected chi connectivity index (χ4v) is 1.43. The molecule has 1 rings (SSSR count). The van der Waals surface area contributed by atoms with Gasteiger partial charge in [-0.3, -0.25) is 0 Å². The van der Waals surface area contributed by atoms with Crippen LogP contribution in [0.3, 0.4) is 0 Å². The molecule has 0 radical (unpaired) electrons. The third kappa shape index (κ3) is 3.26. The summed E-state index contributed by atoms with van der Waals surface area (Å²) in [4.78, 5) is 3.75. The van der Waals surface area contributed by atoms with Crippen molar-refractivity contribution in [3.63, 3.8) is 0 Å². The highest BCUT2D eigenvalue weighted by Gasteiger charge is 2.32. The number of nitrogens with zero attached hydrogens (tertiary/aromatic N) is 1. The predicted molar refractivity (Wildman–Crippen MR) is 52.7 cm³/mol. The van der Waals surface area contributed by atoms with Crippen molar-refractivity contribution in [1.29, 1.82) is 0 Å². The fourth-order valence-electron chi connectivity index (χ4n) is 0.979. The largest absolute Gasteiger partial charge is 0.573 e. The minimum Gasteiger partial charge on any atom is -0.404 e. The maximum absolute atomic E-state index is 12.0. The summed E-state index contributed by atoms with van der Waals surface area (Å²) in [6, 6.07) is 1.22. The first-order chi connectivity index (χ1) is 6.83. The molecule has 1 aromatic rings. The highest BCUT2D eigenvalue weighted by Crippen LogP contribution is 2.28. The van der Waals surface area contributed by atoms with Gasteiger partial charge in [-0.25, -0.2) is 4.98 Å². The van der Waals surface area contributed by atoms with E-state index < -0.39 is 6.36 Å². The van der Waals surface area contributed by atoms with Crippen molar-refractivity contribution < 1.29 is 17.9 Å². The van der Waals surface area contributed by atoms with Crippen LogP contribution in [0, 0.1) is 6.92 Å². The molecule has 0 aromatic carbocycles. The van der Waals surface area contributed by atoms with E-state index in [1.165, 1.54) is 13.0 Å². The zero-order valence-corrected chi connectivity index (χ0v) is 9.32. The van der Waals surface area contributed by atoms with Crippen molar-refractivity contribution in [2.75, 3.05) is 5.73 Å². The van der Waals surface area contributed by atoms with Crippen LogP contribution in [0.25, 0.3) is 0 Å². The Morgan fingerprint density at radius 3 is 2.60 bits per heavy atom. The Bertz CT molecular complexity index is 368. The van der Waals surface area contributed by atoms with Crippen LogP contribution in [0.15, 0.2) is 6.07 Å². The van der Waals surface area contributed by atoms with Gasteiger partial charge < -0.3 is 10.5 Å². The van der Waals surface area contributed by atoms with Crippen molar-refractivity contribution in [3.05, 3.63) is 17.3 Å². The van der Waals surface area contributed by atoms with E-state index in [1.54, 1.807) is 0 Å². The highest BCUT2D eigenvalue weighted by atomic mass is 79.9. The molecule has 0 atom stereocenters. The lowest BCUT2D eigenvalue weighted by molar-refractivity contribution is -0.275. The van der Waals surface area contributed by atoms with E-state index in [9.17, 15) is 13.2 Å². The number of pyridine rings is 1. The van der Waals surface area contributed by atoms with Crippen molar-refractivity contribution in [3.8, 4) is 5.75 Å². The van der Waals surface area contributed by atoms with Crippen LogP contribution in [-0.4, -0.2) is 11.3 Å². The monoisotopic (exact) mass is 284 g/mol. The quantitative estimate of drug-likeness (QED) is 0.850. The second-order valence-corrected chi connectivity index (χ2v) is 3.36. The van der Waals surface area contributed by atoms with Crippen LogP contribution in [-0.2, 0) is 5.33 Å². The standard InChI is InChI=1S/C8H8BrF3N2O/c1-4-6(15-8(10,11)12)2-5(3-9)7(13)14-4/h2H,3H2,1H3,(H2,13,14). The van der Waals surface area contributed by atoms with Gasteiger partial charge in [0.2, 0.25) is 0 Å². The third-order valence-electron chi connectivity index (χ3n) is 1.65. The number of aromatic nitrogens is 1. The second-order valence-electron chi connectivity index (χ2n) is 2.80. The number of hydrogen-bond donors (Lipinski definition) is 1. The fraction of sp³-hybridized carbons (Fsp3) is 0.375. The molecule has 0 saturated heterocycles. The Labute approximate surface area is 92.6 Å². The number of nitrogens with two attached hydrogens (primary N) is 1. The Hall–Kier alpha value is -0.980. The average Bonchev–Trinajstić information content (AvgIpc) is 2.07. The van der Waals surface area contributed by atoms with Crippen LogP contribution in [0.1, 0.15) is 11.3 Å². The second kappa shape index (κ2) is 4.26. The highest BCUT2D eigenvalue weighted by molar-refractivity contribution is 9.08. The van der Waals surface area contributed by atoms with Gasteiger partial charge in [0.1, 0.15) is 5.82 Å². The van der Waals surface area contributed by atoms with Gasteiger partial charge in [0, 0.05) is 10.9 Å². The van der Waals surface area contributed by atoms with Crippen LogP contribution in [0.2, 0.25) is 0 Å². The number of nitrogen functional groups attached to an aromatic ring is 1. The molecule has 0 aliphatic rings. The molecule has 0 amide bonds. The van der Waals surface area contributed by atoms with Gasteiger partial charge in [0.25, 0.3) is 0 Å². The molecule has 0 unspecified atom stereocenters. The minimum atomic E-state index is -4.72. The Morgan fingerprint density at radius 1 is 1.53 bits per heavy atom. The molecule has 0 spiro atoms. The normalized spacial score (nSPS) is 11.5. The molecular formula is C8H8BrF3N2O. The van der Waals surface area contributed by atoms with Crippen molar-refractivity contribution in [1.82, 2.24) is 4.98 Å². The van der Waals surface area contributed by atoms with E-state index in [2.05, 4.69) is 25.7 Å². The molecule has 3 nitrogen and oxygen atoms in total. The Morgan fingerprint density at radius 2 is 2.13 bits per heavy atom. The molecule has 15 heavy (non-hydrogen) atoms. The SMILES string of the molecule is Cc1nc(N)c(CBr)cc1OC(F)(F)F. The van der Waals surface area contributed by atoms with Crippen LogP contribution < -0.4 is 10.5 Å². The average molecular weight is 285 g/mol. The van der Waals surface area contributed by atoms with Gasteiger partial charge in [-0.05, 0) is 13.0 Å². The summed E-state index contributed by atoms with van der Waals surface area (Å²) in [6.07, 6.45) is -4.72. The van der Waals surface area contributed by atoms with Crippen LogP contribution in [0.5, 0.6) is 5.75 Å². The molecule has 1 heterocycles. The predicted octanol–water partition coefficient (Wildman–Crippen LogP) is 2.77. The molecule has 0 aliphatic heterocycles. The van der Waals surface area contributed by atoms with Gasteiger partial charge in [-0.2, -0.15) is 0 Å². The van der Waals surface area contributed by atoms with E-state index in [-0.39, 0.29) is 17.3 Å². The number of anilines is 1. The maximum Gasteiger partial charge on any atom is 0.573 e. The lowest BCUT2D eigenvalue weighted by Crippen LogP contribution is -2.18. The molecular weight excluding hydrogens is 277 g/mol. The molecule has 0 aliphatic carbocycles. The first-order valence-corrected chi connectivity index (χ1v) is 5.03. The topological polar surface area (TPSA) is 48.1 Å². The Kier molecular flexibility index (Phi) is 3.43. The minimum absolute atomic E-state index is 0.106. The maximum atomic E-state index is 12.0. The third-order valence-corrected chi connectivity index (χ3v) is 2.25. The summed E-state index contributed by atoms with van der Waals surface area (Å²) in [5.74, 6) is -0.134. The molecule has 0 saturated carbocycles. The molecule has 7 heteroatoms. The van der Waals surface area contributed by atoms with Gasteiger partial charge in [-0.15, -0.1) is 13.2 Å².